The molecule has 1 heterocycles. The second-order valence-corrected chi connectivity index (χ2v) is 3.20. The Morgan fingerprint density at radius 2 is 1.69 bits per heavy atom. The Bertz CT molecular complexity index is 259. The van der Waals surface area contributed by atoms with Crippen molar-refractivity contribution in [2.45, 2.75) is 39.7 Å². The van der Waals surface area contributed by atoms with Crippen LogP contribution in [0.15, 0.2) is 6.07 Å². The highest BCUT2D eigenvalue weighted by Gasteiger charge is 2.05. The molecular weight excluding hydrogens is 162 g/mol. The zero-order valence-electron chi connectivity index (χ0n) is 8.54. The molecule has 0 fully saturated rings. The highest BCUT2D eigenvalue weighted by atomic mass is 14.9. The molecule has 1 aromatic heterocycles. The average molecular weight is 179 g/mol. The maximum atomic E-state index is 5.74. The van der Waals surface area contributed by atoms with Crippen molar-refractivity contribution in [3.05, 3.63) is 23.3 Å². The number of aryl methyl sites for hydroxylation is 2. The summed E-state index contributed by atoms with van der Waals surface area (Å²) in [4.78, 5) is 8.73. The van der Waals surface area contributed by atoms with Crippen molar-refractivity contribution in [2.24, 2.45) is 5.73 Å². The summed E-state index contributed by atoms with van der Waals surface area (Å²) < 4.78 is 0. The molecule has 0 radical (unpaired) electrons. The van der Waals surface area contributed by atoms with Crippen LogP contribution in [0.3, 0.4) is 0 Å². The van der Waals surface area contributed by atoms with Crippen LogP contribution in [0.5, 0.6) is 0 Å². The number of hydrogen-bond acceptors (Lipinski definition) is 3. The normalized spacial score (nSPS) is 12.9. The molecule has 1 rings (SSSR count). The molecule has 0 saturated heterocycles. The van der Waals surface area contributed by atoms with E-state index < -0.39 is 0 Å². The monoisotopic (exact) mass is 179 g/mol. The maximum Gasteiger partial charge on any atom is 0.145 e. The Labute approximate surface area is 79.4 Å². The fraction of sp³-hybridized carbons (Fsp3) is 0.600. The van der Waals surface area contributed by atoms with E-state index in [0.29, 0.717) is 0 Å². The molecule has 0 aliphatic heterocycles. The fourth-order valence-electron chi connectivity index (χ4n) is 1.14. The van der Waals surface area contributed by atoms with Crippen LogP contribution in [0.1, 0.15) is 44.0 Å². The third kappa shape index (κ3) is 2.49. The van der Waals surface area contributed by atoms with E-state index in [4.69, 9.17) is 5.73 Å². The second kappa shape index (κ2) is 4.33. The SMILES string of the molecule is CCc1cc(CC)nc(C(C)N)n1. The molecule has 1 aromatic rings. The quantitative estimate of drug-likeness (QED) is 0.767. The number of rotatable bonds is 3. The van der Waals surface area contributed by atoms with Crippen LogP contribution in [-0.2, 0) is 12.8 Å². The highest BCUT2D eigenvalue weighted by molar-refractivity contribution is 5.12. The Balaban J connectivity index is 3.07. The topological polar surface area (TPSA) is 51.8 Å². The fourth-order valence-corrected chi connectivity index (χ4v) is 1.14. The molecule has 3 nitrogen and oxygen atoms in total. The van der Waals surface area contributed by atoms with E-state index in [0.717, 1.165) is 30.1 Å². The van der Waals surface area contributed by atoms with Gasteiger partial charge in [-0.15, -0.1) is 0 Å². The first-order chi connectivity index (χ1) is 6.17. The van der Waals surface area contributed by atoms with Crippen LogP contribution >= 0.6 is 0 Å². The molecule has 0 spiro atoms. The van der Waals surface area contributed by atoms with Gasteiger partial charge in [-0.25, -0.2) is 9.97 Å². The van der Waals surface area contributed by atoms with Crippen LogP contribution in [0.25, 0.3) is 0 Å². The summed E-state index contributed by atoms with van der Waals surface area (Å²) in [5.41, 5.74) is 7.90. The summed E-state index contributed by atoms with van der Waals surface area (Å²) in [6, 6.07) is 1.98. The molecule has 3 heteroatoms. The van der Waals surface area contributed by atoms with Crippen LogP contribution in [0.2, 0.25) is 0 Å². The molecule has 0 bridgehead atoms. The van der Waals surface area contributed by atoms with Gasteiger partial charge in [-0.05, 0) is 25.8 Å². The summed E-state index contributed by atoms with van der Waals surface area (Å²) in [6.45, 7) is 6.09. The number of aromatic nitrogens is 2. The third-order valence-corrected chi connectivity index (χ3v) is 1.98. The lowest BCUT2D eigenvalue weighted by Gasteiger charge is -2.07. The van der Waals surface area contributed by atoms with E-state index in [1.807, 2.05) is 13.0 Å². The molecule has 13 heavy (non-hydrogen) atoms. The van der Waals surface area contributed by atoms with Crippen molar-refractivity contribution in [1.29, 1.82) is 0 Å². The van der Waals surface area contributed by atoms with Crippen LogP contribution in [-0.4, -0.2) is 9.97 Å². The minimum atomic E-state index is -0.0724. The first-order valence-electron chi connectivity index (χ1n) is 4.79. The standard InChI is InChI=1S/C10H17N3/c1-4-8-6-9(5-2)13-10(12-8)7(3)11/h6-7H,4-5,11H2,1-3H3. The summed E-state index contributed by atoms with van der Waals surface area (Å²) >= 11 is 0. The molecule has 0 aliphatic carbocycles. The smallest absolute Gasteiger partial charge is 0.145 e. The number of nitrogens with two attached hydrogens (primary N) is 1. The molecule has 0 aromatic carbocycles. The Morgan fingerprint density at radius 3 is 2.00 bits per heavy atom. The lowest BCUT2D eigenvalue weighted by atomic mass is 10.2. The van der Waals surface area contributed by atoms with E-state index in [9.17, 15) is 0 Å². The van der Waals surface area contributed by atoms with Gasteiger partial charge in [-0.2, -0.15) is 0 Å². The van der Waals surface area contributed by atoms with Gasteiger partial charge in [0.15, 0.2) is 0 Å². The van der Waals surface area contributed by atoms with Crippen molar-refractivity contribution in [2.75, 3.05) is 0 Å². The minimum absolute atomic E-state index is 0.0724. The predicted molar refractivity (Wildman–Crippen MR) is 53.4 cm³/mol. The van der Waals surface area contributed by atoms with E-state index in [1.165, 1.54) is 0 Å². The van der Waals surface area contributed by atoms with E-state index in [2.05, 4.69) is 23.8 Å². The first-order valence-corrected chi connectivity index (χ1v) is 4.79. The van der Waals surface area contributed by atoms with Gasteiger partial charge in [-0.1, -0.05) is 13.8 Å². The largest absolute Gasteiger partial charge is 0.322 e. The molecular formula is C10H17N3. The summed E-state index contributed by atoms with van der Waals surface area (Å²) in [6.07, 6.45) is 1.88. The predicted octanol–water partition coefficient (Wildman–Crippen LogP) is 1.62. The van der Waals surface area contributed by atoms with Crippen molar-refractivity contribution < 1.29 is 0 Å². The molecule has 2 N–H and O–H groups in total. The van der Waals surface area contributed by atoms with Gasteiger partial charge < -0.3 is 5.73 Å². The lowest BCUT2D eigenvalue weighted by Crippen LogP contribution is -2.12. The second-order valence-electron chi connectivity index (χ2n) is 3.20. The van der Waals surface area contributed by atoms with Crippen molar-refractivity contribution in [1.82, 2.24) is 9.97 Å². The van der Waals surface area contributed by atoms with E-state index in [-0.39, 0.29) is 6.04 Å². The van der Waals surface area contributed by atoms with Crippen molar-refractivity contribution >= 4 is 0 Å². The third-order valence-electron chi connectivity index (χ3n) is 1.98. The molecule has 0 aliphatic rings. The summed E-state index contributed by atoms with van der Waals surface area (Å²) in [5, 5.41) is 0. The summed E-state index contributed by atoms with van der Waals surface area (Å²) in [7, 11) is 0. The average Bonchev–Trinajstić information content (AvgIpc) is 2.16. The minimum Gasteiger partial charge on any atom is -0.322 e. The highest BCUT2D eigenvalue weighted by Crippen LogP contribution is 2.08. The molecule has 0 amide bonds. The zero-order valence-corrected chi connectivity index (χ0v) is 8.54. The van der Waals surface area contributed by atoms with E-state index in [1.54, 1.807) is 0 Å². The molecule has 0 saturated carbocycles. The van der Waals surface area contributed by atoms with Gasteiger partial charge in [0.25, 0.3) is 0 Å². The van der Waals surface area contributed by atoms with Gasteiger partial charge >= 0.3 is 0 Å². The Kier molecular flexibility index (Phi) is 3.37. The van der Waals surface area contributed by atoms with Gasteiger partial charge in [-0.3, -0.25) is 0 Å². The van der Waals surface area contributed by atoms with E-state index >= 15 is 0 Å². The van der Waals surface area contributed by atoms with Gasteiger partial charge in [0, 0.05) is 11.4 Å². The van der Waals surface area contributed by atoms with Crippen LogP contribution in [0, 0.1) is 0 Å². The van der Waals surface area contributed by atoms with Crippen molar-refractivity contribution in [3.63, 3.8) is 0 Å². The van der Waals surface area contributed by atoms with Crippen LogP contribution < -0.4 is 5.73 Å². The summed E-state index contributed by atoms with van der Waals surface area (Å²) in [5.74, 6) is 0.760. The Morgan fingerprint density at radius 1 is 1.23 bits per heavy atom. The Hall–Kier alpha value is -0.960. The molecule has 72 valence electrons. The van der Waals surface area contributed by atoms with Gasteiger partial charge in [0.05, 0.1) is 6.04 Å². The van der Waals surface area contributed by atoms with Gasteiger partial charge in [0.1, 0.15) is 5.82 Å². The number of nitrogens with zero attached hydrogens (tertiary/aromatic N) is 2. The lowest BCUT2D eigenvalue weighted by molar-refractivity contribution is 0.715. The molecule has 1 unspecified atom stereocenters. The maximum absolute atomic E-state index is 5.74. The van der Waals surface area contributed by atoms with Crippen LogP contribution in [0.4, 0.5) is 0 Å². The molecule has 1 atom stereocenters. The zero-order chi connectivity index (χ0) is 9.84. The first kappa shape index (κ1) is 10.1. The van der Waals surface area contributed by atoms with Crippen molar-refractivity contribution in [3.8, 4) is 0 Å². The number of hydrogen-bond donors (Lipinski definition) is 1. The van der Waals surface area contributed by atoms with Gasteiger partial charge in [0.2, 0.25) is 0 Å².